The lowest BCUT2D eigenvalue weighted by atomic mass is 10.3. The Balaban J connectivity index is 2.62. The van der Waals surface area contributed by atoms with E-state index in [2.05, 4.69) is 20.9 Å². The first kappa shape index (κ1) is 9.64. The third-order valence-electron chi connectivity index (χ3n) is 2.04. The van der Waals surface area contributed by atoms with Gasteiger partial charge < -0.3 is 10.8 Å². The maximum atomic E-state index is 9.58. The molecule has 0 aliphatic rings. The average molecular weight is 256 g/mol. The van der Waals surface area contributed by atoms with Crippen molar-refractivity contribution in [3.8, 4) is 0 Å². The number of fused-ring (bicyclic) bond motifs is 1. The van der Waals surface area contributed by atoms with Crippen molar-refractivity contribution in [1.29, 1.82) is 0 Å². The van der Waals surface area contributed by atoms with Crippen molar-refractivity contribution in [2.45, 2.75) is 6.10 Å². The monoisotopic (exact) mass is 255 g/mol. The van der Waals surface area contributed by atoms with E-state index in [9.17, 15) is 5.11 Å². The third-order valence-corrected chi connectivity index (χ3v) is 2.82. The number of pyridine rings is 1. The molecule has 14 heavy (non-hydrogen) atoms. The van der Waals surface area contributed by atoms with Crippen LogP contribution in [0.5, 0.6) is 0 Å². The van der Waals surface area contributed by atoms with Gasteiger partial charge in [0, 0.05) is 12.7 Å². The number of halogens is 1. The predicted molar refractivity (Wildman–Crippen MR) is 56.9 cm³/mol. The molecule has 0 amide bonds. The Kier molecular flexibility index (Phi) is 2.54. The molecule has 2 heterocycles. The van der Waals surface area contributed by atoms with Crippen LogP contribution in [0.25, 0.3) is 5.65 Å². The Morgan fingerprint density at radius 2 is 2.36 bits per heavy atom. The summed E-state index contributed by atoms with van der Waals surface area (Å²) in [5.74, 6) is 0. The maximum Gasteiger partial charge on any atom is 0.138 e. The molecule has 2 aromatic heterocycles. The molecule has 0 spiro atoms. The summed E-state index contributed by atoms with van der Waals surface area (Å²) in [6.07, 6.45) is 1.16. The number of nitrogens with two attached hydrogens (primary N) is 1. The van der Waals surface area contributed by atoms with E-state index in [1.165, 1.54) is 0 Å². The van der Waals surface area contributed by atoms with Crippen molar-refractivity contribution >= 4 is 21.6 Å². The Bertz CT molecular complexity index is 454. The first-order valence-corrected chi connectivity index (χ1v) is 5.04. The molecule has 0 aliphatic heterocycles. The van der Waals surface area contributed by atoms with E-state index in [-0.39, 0.29) is 6.54 Å². The largest absolute Gasteiger partial charge is 0.385 e. The van der Waals surface area contributed by atoms with Gasteiger partial charge >= 0.3 is 0 Å². The van der Waals surface area contributed by atoms with Crippen LogP contribution in [-0.4, -0.2) is 21.0 Å². The van der Waals surface area contributed by atoms with Gasteiger partial charge in [-0.2, -0.15) is 0 Å². The molecule has 5 heteroatoms. The zero-order valence-electron chi connectivity index (χ0n) is 7.39. The Morgan fingerprint density at radius 1 is 1.57 bits per heavy atom. The van der Waals surface area contributed by atoms with Crippen molar-refractivity contribution in [2.75, 3.05) is 6.54 Å². The zero-order valence-corrected chi connectivity index (χ0v) is 8.98. The number of aliphatic hydroxyl groups is 1. The highest BCUT2D eigenvalue weighted by atomic mass is 79.9. The molecule has 0 saturated carbocycles. The molecule has 1 atom stereocenters. The van der Waals surface area contributed by atoms with Crippen LogP contribution in [0.1, 0.15) is 11.8 Å². The molecular formula is C9H10BrN3O. The van der Waals surface area contributed by atoms with E-state index in [4.69, 9.17) is 5.73 Å². The molecule has 1 unspecified atom stereocenters. The standard InChI is InChI=1S/C9H10BrN3O/c10-9-8(6(14)5-11)12-7-3-1-2-4-13(7)9/h1-4,6,14H,5,11H2. The van der Waals surface area contributed by atoms with Gasteiger partial charge in [-0.1, -0.05) is 6.07 Å². The van der Waals surface area contributed by atoms with Crippen LogP contribution in [0.15, 0.2) is 29.0 Å². The number of nitrogens with zero attached hydrogens (tertiary/aromatic N) is 2. The normalized spacial score (nSPS) is 13.4. The molecule has 3 N–H and O–H groups in total. The fourth-order valence-corrected chi connectivity index (χ4v) is 1.96. The third kappa shape index (κ3) is 1.43. The minimum Gasteiger partial charge on any atom is -0.385 e. The summed E-state index contributed by atoms with van der Waals surface area (Å²) in [7, 11) is 0. The topological polar surface area (TPSA) is 63.5 Å². The molecule has 0 bridgehead atoms. The lowest BCUT2D eigenvalue weighted by Gasteiger charge is -2.03. The van der Waals surface area contributed by atoms with Crippen LogP contribution in [0.4, 0.5) is 0 Å². The van der Waals surface area contributed by atoms with Gasteiger partial charge in [-0.25, -0.2) is 4.98 Å². The van der Waals surface area contributed by atoms with Gasteiger partial charge in [-0.15, -0.1) is 0 Å². The van der Waals surface area contributed by atoms with Crippen molar-refractivity contribution in [3.05, 3.63) is 34.7 Å². The second-order valence-corrected chi connectivity index (χ2v) is 3.72. The number of rotatable bonds is 2. The molecule has 2 aromatic rings. The molecule has 0 aromatic carbocycles. The highest BCUT2D eigenvalue weighted by Gasteiger charge is 2.15. The van der Waals surface area contributed by atoms with Gasteiger partial charge in [0.2, 0.25) is 0 Å². The number of aromatic nitrogens is 2. The molecule has 0 fully saturated rings. The van der Waals surface area contributed by atoms with Crippen molar-refractivity contribution in [2.24, 2.45) is 5.73 Å². The lowest BCUT2D eigenvalue weighted by Crippen LogP contribution is -2.12. The van der Waals surface area contributed by atoms with Crippen molar-refractivity contribution in [3.63, 3.8) is 0 Å². The van der Waals surface area contributed by atoms with Gasteiger partial charge in [-0.3, -0.25) is 4.40 Å². The van der Waals surface area contributed by atoms with Crippen LogP contribution in [-0.2, 0) is 0 Å². The highest BCUT2D eigenvalue weighted by Crippen LogP contribution is 2.23. The zero-order chi connectivity index (χ0) is 10.1. The van der Waals surface area contributed by atoms with Gasteiger partial charge in [0.1, 0.15) is 22.0 Å². The van der Waals surface area contributed by atoms with Gasteiger partial charge in [0.05, 0.1) is 0 Å². The molecule has 0 radical (unpaired) electrons. The first-order valence-electron chi connectivity index (χ1n) is 4.24. The minimum absolute atomic E-state index is 0.169. The Morgan fingerprint density at radius 3 is 3.00 bits per heavy atom. The van der Waals surface area contributed by atoms with E-state index in [1.54, 1.807) is 0 Å². The van der Waals surface area contributed by atoms with E-state index in [0.29, 0.717) is 5.69 Å². The molecule has 0 saturated heterocycles. The summed E-state index contributed by atoms with van der Waals surface area (Å²) in [5, 5.41) is 9.58. The van der Waals surface area contributed by atoms with E-state index < -0.39 is 6.10 Å². The van der Waals surface area contributed by atoms with Crippen LogP contribution in [0, 0.1) is 0 Å². The highest BCUT2D eigenvalue weighted by molar-refractivity contribution is 9.10. The summed E-state index contributed by atoms with van der Waals surface area (Å²) >= 11 is 3.38. The fourth-order valence-electron chi connectivity index (χ4n) is 1.31. The lowest BCUT2D eigenvalue weighted by molar-refractivity contribution is 0.181. The van der Waals surface area contributed by atoms with E-state index in [0.717, 1.165) is 10.3 Å². The van der Waals surface area contributed by atoms with Gasteiger partial charge in [0.25, 0.3) is 0 Å². The Hall–Kier alpha value is -0.910. The number of aliphatic hydroxyl groups excluding tert-OH is 1. The summed E-state index contributed by atoms with van der Waals surface area (Å²) < 4.78 is 2.61. The molecule has 0 aliphatic carbocycles. The van der Waals surface area contributed by atoms with Crippen LogP contribution in [0.3, 0.4) is 0 Å². The Labute approximate surface area is 89.5 Å². The molecular weight excluding hydrogens is 246 g/mol. The maximum absolute atomic E-state index is 9.58. The molecule has 2 rings (SSSR count). The second-order valence-electron chi connectivity index (χ2n) is 2.97. The number of imidazole rings is 1. The quantitative estimate of drug-likeness (QED) is 0.845. The van der Waals surface area contributed by atoms with Crippen molar-refractivity contribution in [1.82, 2.24) is 9.38 Å². The van der Waals surface area contributed by atoms with Gasteiger partial charge in [0.15, 0.2) is 0 Å². The van der Waals surface area contributed by atoms with Crippen LogP contribution < -0.4 is 5.73 Å². The molecule has 74 valence electrons. The smallest absolute Gasteiger partial charge is 0.138 e. The predicted octanol–water partition coefficient (Wildman–Crippen LogP) is 1.09. The van der Waals surface area contributed by atoms with E-state index >= 15 is 0 Å². The van der Waals surface area contributed by atoms with Crippen LogP contribution >= 0.6 is 15.9 Å². The van der Waals surface area contributed by atoms with Crippen LogP contribution in [0.2, 0.25) is 0 Å². The average Bonchev–Trinajstić information content (AvgIpc) is 2.56. The van der Waals surface area contributed by atoms with Gasteiger partial charge in [-0.05, 0) is 28.1 Å². The first-order chi connectivity index (χ1) is 6.74. The van der Waals surface area contributed by atoms with E-state index in [1.807, 2.05) is 28.8 Å². The minimum atomic E-state index is -0.718. The molecule has 4 nitrogen and oxygen atoms in total. The summed E-state index contributed by atoms with van der Waals surface area (Å²) in [4.78, 5) is 4.27. The number of hydrogen-bond donors (Lipinski definition) is 2. The number of hydrogen-bond acceptors (Lipinski definition) is 3. The fraction of sp³-hybridized carbons (Fsp3) is 0.222. The summed E-state index contributed by atoms with van der Waals surface area (Å²) in [6, 6.07) is 5.67. The second kappa shape index (κ2) is 3.68. The summed E-state index contributed by atoms with van der Waals surface area (Å²) in [5.41, 5.74) is 6.75. The SMILES string of the molecule is NCC(O)c1nc2ccccn2c1Br. The van der Waals surface area contributed by atoms with Crippen molar-refractivity contribution < 1.29 is 5.11 Å². The summed E-state index contributed by atoms with van der Waals surface area (Å²) in [6.45, 7) is 0.169.